The maximum absolute atomic E-state index is 9.43. The van der Waals surface area contributed by atoms with Crippen LogP contribution in [0.4, 0.5) is 0 Å². The van der Waals surface area contributed by atoms with Gasteiger partial charge in [0.2, 0.25) is 0 Å². The van der Waals surface area contributed by atoms with E-state index in [0.29, 0.717) is 0 Å². The Kier molecular flexibility index (Phi) is 2.69. The van der Waals surface area contributed by atoms with Crippen molar-refractivity contribution in [2.24, 2.45) is 0 Å². The Hall–Kier alpha value is -1.04. The van der Waals surface area contributed by atoms with Gasteiger partial charge in [-0.15, -0.1) is 0 Å². The molecule has 0 aliphatic carbocycles. The molecule has 0 N–H and O–H groups in total. The van der Waals surface area contributed by atoms with Gasteiger partial charge in [-0.05, 0) is 5.92 Å². The average Bonchev–Trinajstić information content (AvgIpc) is 1.61. The normalized spacial score (nSPS) is 6.43. The topological polar surface area (TPSA) is 43.1 Å². The van der Waals surface area contributed by atoms with Gasteiger partial charge in [-0.2, -0.15) is 0 Å². The summed E-state index contributed by atoms with van der Waals surface area (Å²) in [6.07, 6.45) is 0. The van der Waals surface area contributed by atoms with Gasteiger partial charge >= 0.3 is 0 Å². The Bertz CT molecular complexity index is 119. The van der Waals surface area contributed by atoms with E-state index in [9.17, 15) is 10.1 Å². The standard InChI is InChI=1S/C4H4NO2/c1-2-3-4-5(6)7/h1,4H2. The summed E-state index contributed by atoms with van der Waals surface area (Å²) >= 11 is 0. The molecule has 0 unspecified atom stereocenters. The van der Waals surface area contributed by atoms with Crippen LogP contribution >= 0.6 is 0 Å². The van der Waals surface area contributed by atoms with Gasteiger partial charge in [-0.3, -0.25) is 10.1 Å². The summed E-state index contributed by atoms with van der Waals surface area (Å²) in [4.78, 5) is 8.93. The van der Waals surface area contributed by atoms with Gasteiger partial charge in [0.15, 0.2) is 0 Å². The molecule has 0 spiro atoms. The summed E-state index contributed by atoms with van der Waals surface area (Å²) in [6, 6.07) is 0. The Morgan fingerprint density at radius 3 is 2.57 bits per heavy atom. The van der Waals surface area contributed by atoms with Crippen LogP contribution in [0.15, 0.2) is 0 Å². The summed E-state index contributed by atoms with van der Waals surface area (Å²) in [7, 11) is 0. The Balaban J connectivity index is 3.26. The third-order valence-corrected chi connectivity index (χ3v) is 0.333. The van der Waals surface area contributed by atoms with Crippen LogP contribution < -0.4 is 0 Å². The predicted molar refractivity (Wildman–Crippen MR) is 25.0 cm³/mol. The first-order valence-corrected chi connectivity index (χ1v) is 1.64. The molecule has 0 aromatic heterocycles. The van der Waals surface area contributed by atoms with Crippen molar-refractivity contribution in [3.63, 3.8) is 0 Å². The molecule has 7 heavy (non-hydrogen) atoms. The van der Waals surface area contributed by atoms with Crippen molar-refractivity contribution in [3.8, 4) is 11.8 Å². The third-order valence-electron chi connectivity index (χ3n) is 0.333. The molecule has 0 saturated carbocycles. The summed E-state index contributed by atoms with van der Waals surface area (Å²) in [5, 5.41) is 9.43. The highest BCUT2D eigenvalue weighted by Crippen LogP contribution is 1.61. The largest absolute Gasteiger partial charge is 0.264 e. The molecule has 0 aromatic rings. The molecule has 3 heteroatoms. The lowest BCUT2D eigenvalue weighted by molar-refractivity contribution is -0.466. The van der Waals surface area contributed by atoms with E-state index in [1.165, 1.54) is 0 Å². The van der Waals surface area contributed by atoms with Crippen molar-refractivity contribution in [3.05, 3.63) is 17.0 Å². The zero-order chi connectivity index (χ0) is 5.70. The first-order chi connectivity index (χ1) is 3.27. The summed E-state index contributed by atoms with van der Waals surface area (Å²) in [5.41, 5.74) is 0. The minimum atomic E-state index is -0.502. The van der Waals surface area contributed by atoms with Crippen LogP contribution in [0.5, 0.6) is 0 Å². The maximum Gasteiger partial charge on any atom is 0.263 e. The van der Waals surface area contributed by atoms with Gasteiger partial charge in [-0.25, -0.2) is 0 Å². The lowest BCUT2D eigenvalue weighted by atomic mass is 10.6. The van der Waals surface area contributed by atoms with Gasteiger partial charge in [-0.1, -0.05) is 5.92 Å². The SMILES string of the molecule is [CH2]C#CC[N+](=O)[O-]. The van der Waals surface area contributed by atoms with Crippen molar-refractivity contribution in [2.75, 3.05) is 6.54 Å². The Morgan fingerprint density at radius 1 is 1.86 bits per heavy atom. The van der Waals surface area contributed by atoms with Crippen LogP contribution in [0.1, 0.15) is 0 Å². The van der Waals surface area contributed by atoms with Crippen LogP contribution in [0, 0.1) is 28.9 Å². The Morgan fingerprint density at radius 2 is 2.43 bits per heavy atom. The van der Waals surface area contributed by atoms with Crippen molar-refractivity contribution in [1.29, 1.82) is 0 Å². The molecule has 0 bridgehead atoms. The minimum Gasteiger partial charge on any atom is -0.264 e. The number of nitro groups is 1. The fourth-order valence-electron chi connectivity index (χ4n) is 0.120. The van der Waals surface area contributed by atoms with Crippen LogP contribution in [0.25, 0.3) is 0 Å². The molecule has 0 aliphatic heterocycles. The number of nitrogens with zero attached hydrogens (tertiary/aromatic N) is 1. The zero-order valence-electron chi connectivity index (χ0n) is 3.68. The zero-order valence-corrected chi connectivity index (χ0v) is 3.68. The first kappa shape index (κ1) is 5.96. The van der Waals surface area contributed by atoms with E-state index in [1.54, 1.807) is 0 Å². The number of rotatable bonds is 1. The Labute approximate surface area is 41.5 Å². The fourth-order valence-corrected chi connectivity index (χ4v) is 0.120. The van der Waals surface area contributed by atoms with E-state index in [0.717, 1.165) is 0 Å². The van der Waals surface area contributed by atoms with Crippen molar-refractivity contribution in [2.45, 2.75) is 0 Å². The van der Waals surface area contributed by atoms with Crippen LogP contribution in [0.2, 0.25) is 0 Å². The monoisotopic (exact) mass is 98.0 g/mol. The molecule has 0 rings (SSSR count). The van der Waals surface area contributed by atoms with E-state index in [-0.39, 0.29) is 6.54 Å². The van der Waals surface area contributed by atoms with Crippen LogP contribution in [-0.2, 0) is 0 Å². The molecule has 0 aromatic carbocycles. The van der Waals surface area contributed by atoms with E-state index >= 15 is 0 Å². The minimum absolute atomic E-state index is 0.302. The molecule has 0 atom stereocenters. The van der Waals surface area contributed by atoms with E-state index in [2.05, 4.69) is 18.8 Å². The van der Waals surface area contributed by atoms with Gasteiger partial charge < -0.3 is 0 Å². The molecular weight excluding hydrogens is 94.0 g/mol. The fraction of sp³-hybridized carbons (Fsp3) is 0.250. The van der Waals surface area contributed by atoms with E-state index in [1.807, 2.05) is 0 Å². The van der Waals surface area contributed by atoms with Gasteiger partial charge in [0.1, 0.15) is 0 Å². The molecule has 0 amide bonds. The number of hydrogen-bond acceptors (Lipinski definition) is 2. The highest BCUT2D eigenvalue weighted by atomic mass is 16.6. The molecule has 0 fully saturated rings. The van der Waals surface area contributed by atoms with Crippen molar-refractivity contribution >= 4 is 0 Å². The van der Waals surface area contributed by atoms with Crippen molar-refractivity contribution < 1.29 is 4.92 Å². The smallest absolute Gasteiger partial charge is 0.263 e. The quantitative estimate of drug-likeness (QED) is 0.265. The maximum atomic E-state index is 9.43. The molecule has 37 valence electrons. The molecular formula is C4H4NO2. The lowest BCUT2D eigenvalue weighted by Gasteiger charge is -1.75. The third kappa shape index (κ3) is 4.96. The summed E-state index contributed by atoms with van der Waals surface area (Å²) in [6.45, 7) is 2.79. The summed E-state index contributed by atoms with van der Waals surface area (Å²) in [5.74, 6) is 4.34. The molecule has 3 nitrogen and oxygen atoms in total. The average molecular weight is 98.1 g/mol. The van der Waals surface area contributed by atoms with Gasteiger partial charge in [0.05, 0.1) is 0 Å². The highest BCUT2D eigenvalue weighted by Gasteiger charge is 1.82. The van der Waals surface area contributed by atoms with E-state index in [4.69, 9.17) is 0 Å². The summed E-state index contributed by atoms with van der Waals surface area (Å²) < 4.78 is 0. The molecule has 0 heterocycles. The van der Waals surface area contributed by atoms with Crippen molar-refractivity contribution in [1.82, 2.24) is 0 Å². The van der Waals surface area contributed by atoms with Crippen LogP contribution in [-0.4, -0.2) is 11.5 Å². The second-order valence-electron chi connectivity index (χ2n) is 0.844. The first-order valence-electron chi connectivity index (χ1n) is 1.64. The predicted octanol–water partition coefficient (Wildman–Crippen LogP) is 0.101. The van der Waals surface area contributed by atoms with Gasteiger partial charge in [0.25, 0.3) is 6.54 Å². The van der Waals surface area contributed by atoms with Gasteiger partial charge in [0, 0.05) is 11.8 Å². The molecule has 1 radical (unpaired) electrons. The highest BCUT2D eigenvalue weighted by molar-refractivity contribution is 5.00. The second-order valence-corrected chi connectivity index (χ2v) is 0.844. The molecule has 0 saturated heterocycles. The van der Waals surface area contributed by atoms with Crippen LogP contribution in [0.3, 0.4) is 0 Å². The molecule has 0 aliphatic rings. The lowest BCUT2D eigenvalue weighted by Crippen LogP contribution is -1.95. The second kappa shape index (κ2) is 3.16. The van der Waals surface area contributed by atoms with E-state index < -0.39 is 4.92 Å². The number of hydrogen-bond donors (Lipinski definition) is 0.